The average molecular weight is 398 g/mol. The highest BCUT2D eigenvalue weighted by atomic mass is 35.5. The average Bonchev–Trinajstić information content (AvgIpc) is 3.27. The fraction of sp³-hybridized carbons (Fsp3) is 0. The number of aromatic nitrogens is 4. The molecule has 0 bridgehead atoms. The molecule has 3 heterocycles. The Labute approximate surface area is 162 Å². The second-order valence-corrected chi connectivity index (χ2v) is 7.56. The number of nitrogens with zero attached hydrogens (tertiary/aromatic N) is 3. The lowest BCUT2D eigenvalue weighted by molar-refractivity contribution is -0.556. The van der Waals surface area contributed by atoms with Crippen molar-refractivity contribution in [2.24, 2.45) is 0 Å². The number of rotatable bonds is 2. The molecule has 5 aromatic rings. The van der Waals surface area contributed by atoms with Gasteiger partial charge in [-0.25, -0.2) is 9.97 Å². The molecule has 4 nitrogen and oxygen atoms in total. The van der Waals surface area contributed by atoms with E-state index < -0.39 is 0 Å². The first-order valence-corrected chi connectivity index (χ1v) is 9.54. The van der Waals surface area contributed by atoms with Gasteiger partial charge in [0.2, 0.25) is 0 Å². The number of benzene rings is 2. The zero-order valence-electron chi connectivity index (χ0n) is 13.3. The largest absolute Gasteiger partial charge is 0.328 e. The molecule has 0 aliphatic rings. The molecule has 0 radical (unpaired) electrons. The molecule has 126 valence electrons. The second-order valence-electron chi connectivity index (χ2n) is 5.77. The molecule has 0 spiro atoms. The second kappa shape index (κ2) is 6.06. The van der Waals surface area contributed by atoms with Crippen molar-refractivity contribution in [3.05, 3.63) is 70.0 Å². The number of halogens is 2. The maximum absolute atomic E-state index is 6.51. The van der Waals surface area contributed by atoms with E-state index in [-0.39, 0.29) is 0 Å². The number of thiophene rings is 1. The van der Waals surface area contributed by atoms with Crippen molar-refractivity contribution in [2.75, 3.05) is 0 Å². The maximum Gasteiger partial charge on any atom is 0.328 e. The normalized spacial score (nSPS) is 11.5. The Morgan fingerprint density at radius 1 is 0.923 bits per heavy atom. The van der Waals surface area contributed by atoms with Crippen LogP contribution in [0.3, 0.4) is 0 Å². The van der Waals surface area contributed by atoms with Gasteiger partial charge in [0, 0.05) is 5.02 Å². The van der Waals surface area contributed by atoms with Crippen molar-refractivity contribution in [1.82, 2.24) is 15.0 Å². The third-order valence-electron chi connectivity index (χ3n) is 4.13. The first-order chi connectivity index (χ1) is 12.7. The third kappa shape index (κ3) is 2.48. The summed E-state index contributed by atoms with van der Waals surface area (Å²) in [5, 5.41) is 3.18. The summed E-state index contributed by atoms with van der Waals surface area (Å²) in [6.45, 7) is 0. The zero-order valence-corrected chi connectivity index (χ0v) is 15.6. The van der Waals surface area contributed by atoms with Gasteiger partial charge in [0.25, 0.3) is 11.5 Å². The van der Waals surface area contributed by atoms with Gasteiger partial charge in [0.05, 0.1) is 5.02 Å². The van der Waals surface area contributed by atoms with Crippen molar-refractivity contribution >= 4 is 56.9 Å². The zero-order chi connectivity index (χ0) is 17.7. The maximum atomic E-state index is 6.51. The highest BCUT2D eigenvalue weighted by Crippen LogP contribution is 2.28. The van der Waals surface area contributed by atoms with Gasteiger partial charge in [0.1, 0.15) is 16.1 Å². The summed E-state index contributed by atoms with van der Waals surface area (Å²) < 4.78 is 2.00. The summed E-state index contributed by atoms with van der Waals surface area (Å²) in [7, 11) is 0. The van der Waals surface area contributed by atoms with Crippen LogP contribution in [0.1, 0.15) is 0 Å². The molecule has 5 rings (SSSR count). The Hall–Kier alpha value is -2.47. The standard InChI is InChI=1S/C19H10Cl2N4S/c20-11-7-8-15(12(21)10-11)25-18(16-6-3-9-26-16)24-17-19(25)23-14-5-2-1-4-13(14)22-17/h1-10H/p+1. The lowest BCUT2D eigenvalue weighted by Crippen LogP contribution is -2.33. The molecule has 0 atom stereocenters. The molecule has 0 unspecified atom stereocenters. The van der Waals surface area contributed by atoms with Crippen molar-refractivity contribution in [1.29, 1.82) is 0 Å². The molecule has 0 amide bonds. The van der Waals surface area contributed by atoms with Crippen LogP contribution >= 0.6 is 34.5 Å². The highest BCUT2D eigenvalue weighted by Gasteiger charge is 2.26. The van der Waals surface area contributed by atoms with Gasteiger partial charge in [-0.05, 0) is 41.8 Å². The molecular weight excluding hydrogens is 387 g/mol. The van der Waals surface area contributed by atoms with Crippen LogP contribution in [0.15, 0.2) is 60.0 Å². The molecule has 0 saturated carbocycles. The molecule has 26 heavy (non-hydrogen) atoms. The smallest absolute Gasteiger partial charge is 0.250 e. The Morgan fingerprint density at radius 2 is 1.73 bits per heavy atom. The van der Waals surface area contributed by atoms with Crippen molar-refractivity contribution < 1.29 is 4.57 Å². The molecule has 1 N–H and O–H groups in total. The van der Waals surface area contributed by atoms with E-state index in [0.29, 0.717) is 15.7 Å². The Morgan fingerprint density at radius 3 is 2.46 bits per heavy atom. The third-order valence-corrected chi connectivity index (χ3v) is 5.54. The lowest BCUT2D eigenvalue weighted by atomic mass is 10.3. The van der Waals surface area contributed by atoms with Crippen LogP contribution in [-0.4, -0.2) is 15.0 Å². The number of fused-ring (bicyclic) bond motifs is 2. The van der Waals surface area contributed by atoms with Gasteiger partial charge >= 0.3 is 5.65 Å². The SMILES string of the molecule is Clc1ccc(-[n+]2c(-c3cccs3)[nH]c3nc4ccccc4nc32)c(Cl)c1. The summed E-state index contributed by atoms with van der Waals surface area (Å²) >= 11 is 14.2. The predicted molar refractivity (Wildman–Crippen MR) is 106 cm³/mol. The minimum absolute atomic E-state index is 0.552. The van der Waals surface area contributed by atoms with Gasteiger partial charge in [-0.3, -0.25) is 0 Å². The van der Waals surface area contributed by atoms with Crippen molar-refractivity contribution in [2.45, 2.75) is 0 Å². The number of hydrogen-bond acceptors (Lipinski definition) is 3. The summed E-state index contributed by atoms with van der Waals surface area (Å²) in [4.78, 5) is 14.0. The van der Waals surface area contributed by atoms with E-state index in [9.17, 15) is 0 Å². The van der Waals surface area contributed by atoms with Crippen LogP contribution in [0.5, 0.6) is 0 Å². The molecule has 0 fully saturated rings. The first-order valence-electron chi connectivity index (χ1n) is 7.90. The number of hydrogen-bond donors (Lipinski definition) is 1. The van der Waals surface area contributed by atoms with Crippen LogP contribution in [0.2, 0.25) is 10.0 Å². The van der Waals surface area contributed by atoms with E-state index in [1.54, 1.807) is 17.4 Å². The summed E-state index contributed by atoms with van der Waals surface area (Å²) in [5.41, 5.74) is 3.90. The molecule has 3 aromatic heterocycles. The lowest BCUT2D eigenvalue weighted by Gasteiger charge is -2.04. The number of imidazole rings is 1. The molecule has 0 aliphatic heterocycles. The Balaban J connectivity index is 1.91. The summed E-state index contributed by atoms with van der Waals surface area (Å²) in [5.74, 6) is 0.884. The van der Waals surface area contributed by atoms with Crippen molar-refractivity contribution in [3.8, 4) is 16.4 Å². The fourth-order valence-corrected chi connectivity index (χ4v) is 4.19. The number of aromatic amines is 1. The van der Waals surface area contributed by atoms with Gasteiger partial charge < -0.3 is 0 Å². The highest BCUT2D eigenvalue weighted by molar-refractivity contribution is 7.13. The van der Waals surface area contributed by atoms with Crippen LogP contribution in [0.4, 0.5) is 0 Å². The minimum atomic E-state index is 0.552. The Kier molecular flexibility index (Phi) is 3.67. The topological polar surface area (TPSA) is 45.5 Å². The number of para-hydroxylation sites is 2. The molecule has 0 saturated heterocycles. The van der Waals surface area contributed by atoms with Gasteiger partial charge in [-0.15, -0.1) is 11.3 Å². The minimum Gasteiger partial charge on any atom is -0.250 e. The van der Waals surface area contributed by atoms with Gasteiger partial charge in [-0.2, -0.15) is 4.57 Å². The van der Waals surface area contributed by atoms with Crippen LogP contribution in [0.25, 0.3) is 38.7 Å². The monoisotopic (exact) mass is 397 g/mol. The van der Waals surface area contributed by atoms with Crippen LogP contribution in [-0.2, 0) is 0 Å². The Bertz CT molecular complexity index is 1260. The summed E-state index contributed by atoms with van der Waals surface area (Å²) in [6.07, 6.45) is 0. The van der Waals surface area contributed by atoms with Gasteiger partial charge in [0.15, 0.2) is 5.52 Å². The number of nitrogens with one attached hydrogen (secondary N) is 1. The molecule has 0 aliphatic carbocycles. The summed E-state index contributed by atoms with van der Waals surface area (Å²) in [6, 6.07) is 17.3. The van der Waals surface area contributed by atoms with Crippen LogP contribution in [0, 0.1) is 0 Å². The van der Waals surface area contributed by atoms with Crippen LogP contribution < -0.4 is 4.57 Å². The molecule has 7 heteroatoms. The predicted octanol–water partition coefficient (Wildman–Crippen LogP) is 5.42. The van der Waals surface area contributed by atoms with E-state index in [0.717, 1.165) is 33.1 Å². The quantitative estimate of drug-likeness (QED) is 0.404. The first kappa shape index (κ1) is 15.8. The van der Waals surface area contributed by atoms with E-state index in [4.69, 9.17) is 33.2 Å². The molecular formula is C19H11Cl2N4S+. The van der Waals surface area contributed by atoms with Crippen molar-refractivity contribution in [3.63, 3.8) is 0 Å². The number of H-pyrrole nitrogens is 1. The van der Waals surface area contributed by atoms with E-state index in [1.807, 2.05) is 52.4 Å². The van der Waals surface area contributed by atoms with E-state index in [2.05, 4.69) is 11.1 Å². The molecule has 2 aromatic carbocycles. The van der Waals surface area contributed by atoms with Gasteiger partial charge in [-0.1, -0.05) is 46.4 Å². The fourth-order valence-electron chi connectivity index (χ4n) is 2.99. The van der Waals surface area contributed by atoms with E-state index >= 15 is 0 Å². The van der Waals surface area contributed by atoms with E-state index in [1.165, 1.54) is 0 Å².